The molecule has 1 aliphatic carbocycles. The highest BCUT2D eigenvalue weighted by Crippen LogP contribution is 2.49. The molecule has 0 radical (unpaired) electrons. The van der Waals surface area contributed by atoms with Gasteiger partial charge in [0.25, 0.3) is 10.0 Å². The third-order valence-corrected chi connectivity index (χ3v) is 8.22. The lowest BCUT2D eigenvalue weighted by atomic mass is 9.80. The van der Waals surface area contributed by atoms with Crippen molar-refractivity contribution in [2.75, 3.05) is 0 Å². The lowest BCUT2D eigenvalue weighted by Crippen LogP contribution is -2.27. The number of rotatable bonds is 6. The van der Waals surface area contributed by atoms with E-state index in [4.69, 9.17) is 0 Å². The normalized spacial score (nSPS) is 21.9. The van der Waals surface area contributed by atoms with Crippen molar-refractivity contribution >= 4 is 26.9 Å². The predicted molar refractivity (Wildman–Crippen MR) is 117 cm³/mol. The number of hydrogen-bond acceptors (Lipinski definition) is 3. The zero-order valence-electron chi connectivity index (χ0n) is 17.3. The van der Waals surface area contributed by atoms with E-state index in [1.54, 1.807) is 30.5 Å². The minimum Gasteiger partial charge on any atom is -0.481 e. The van der Waals surface area contributed by atoms with E-state index >= 15 is 0 Å². The van der Waals surface area contributed by atoms with Gasteiger partial charge in [-0.25, -0.2) is 12.4 Å². The molecule has 0 amide bonds. The zero-order chi connectivity index (χ0) is 21.5. The highest BCUT2D eigenvalue weighted by Gasteiger charge is 2.45. The lowest BCUT2D eigenvalue weighted by Gasteiger charge is -2.23. The van der Waals surface area contributed by atoms with Crippen LogP contribution < -0.4 is 0 Å². The molecule has 0 spiro atoms. The third kappa shape index (κ3) is 3.43. The maximum atomic E-state index is 13.1. The predicted octanol–water partition coefficient (Wildman–Crippen LogP) is 5.33. The van der Waals surface area contributed by atoms with Crippen LogP contribution in [0, 0.1) is 12.3 Å². The summed E-state index contributed by atoms with van der Waals surface area (Å²) in [7, 11) is -3.67. The summed E-state index contributed by atoms with van der Waals surface area (Å²) in [6.45, 7) is 3.95. The SMILES string of the molecule is CCCC1(C(=O)O)CCC(c2ccc3c(ccn3S(=O)(=O)c3ccc(C)cc3)c2)C1. The van der Waals surface area contributed by atoms with Gasteiger partial charge in [-0.05, 0) is 74.4 Å². The molecule has 0 saturated heterocycles. The number of carboxylic acid groups (broad SMARTS) is 1. The van der Waals surface area contributed by atoms with E-state index in [-0.39, 0.29) is 10.8 Å². The smallest absolute Gasteiger partial charge is 0.309 e. The molecule has 1 heterocycles. The van der Waals surface area contributed by atoms with E-state index in [1.165, 1.54) is 3.97 Å². The average Bonchev–Trinajstić information content (AvgIpc) is 3.33. The zero-order valence-corrected chi connectivity index (χ0v) is 18.2. The number of hydrogen-bond donors (Lipinski definition) is 1. The van der Waals surface area contributed by atoms with Crippen molar-refractivity contribution < 1.29 is 18.3 Å². The summed E-state index contributed by atoms with van der Waals surface area (Å²) in [6.07, 6.45) is 5.34. The first-order valence-electron chi connectivity index (χ1n) is 10.4. The summed E-state index contributed by atoms with van der Waals surface area (Å²) in [5, 5.41) is 10.6. The molecule has 4 rings (SSSR count). The van der Waals surface area contributed by atoms with E-state index < -0.39 is 21.4 Å². The minimum atomic E-state index is -3.67. The molecule has 2 unspecified atom stereocenters. The molecule has 3 aromatic rings. The number of fused-ring (bicyclic) bond motifs is 1. The molecule has 6 heteroatoms. The van der Waals surface area contributed by atoms with Crippen LogP contribution in [-0.4, -0.2) is 23.5 Å². The van der Waals surface area contributed by atoms with Gasteiger partial charge in [0.15, 0.2) is 0 Å². The van der Waals surface area contributed by atoms with E-state index in [0.29, 0.717) is 24.8 Å². The Kier molecular flexibility index (Phi) is 5.22. The molecular weight excluding hydrogens is 398 g/mol. The van der Waals surface area contributed by atoms with Crippen LogP contribution in [0.15, 0.2) is 59.6 Å². The highest BCUT2D eigenvalue weighted by atomic mass is 32.2. The Hall–Kier alpha value is -2.60. The summed E-state index contributed by atoms with van der Waals surface area (Å²) in [5.74, 6) is -0.502. The number of aromatic nitrogens is 1. The first-order valence-corrected chi connectivity index (χ1v) is 11.9. The molecule has 158 valence electrons. The van der Waals surface area contributed by atoms with E-state index in [2.05, 4.69) is 0 Å². The van der Waals surface area contributed by atoms with Gasteiger partial charge in [-0.1, -0.05) is 37.1 Å². The number of benzene rings is 2. The molecule has 5 nitrogen and oxygen atoms in total. The fourth-order valence-electron chi connectivity index (χ4n) is 4.84. The van der Waals surface area contributed by atoms with Crippen LogP contribution in [0.1, 0.15) is 56.1 Å². The molecule has 2 aromatic carbocycles. The Labute approximate surface area is 177 Å². The van der Waals surface area contributed by atoms with Gasteiger partial charge in [0.1, 0.15) is 0 Å². The fraction of sp³-hybridized carbons (Fsp3) is 0.375. The number of carbonyl (C=O) groups is 1. The van der Waals surface area contributed by atoms with Crippen molar-refractivity contribution in [2.45, 2.75) is 56.8 Å². The summed E-state index contributed by atoms with van der Waals surface area (Å²) in [4.78, 5) is 12.2. The van der Waals surface area contributed by atoms with Gasteiger partial charge >= 0.3 is 5.97 Å². The van der Waals surface area contributed by atoms with Gasteiger partial charge in [0.2, 0.25) is 0 Å². The van der Waals surface area contributed by atoms with Crippen molar-refractivity contribution in [3.05, 3.63) is 65.9 Å². The Bertz CT molecular complexity index is 1190. The van der Waals surface area contributed by atoms with Crippen molar-refractivity contribution in [1.29, 1.82) is 0 Å². The second-order valence-electron chi connectivity index (χ2n) is 8.52. The molecule has 1 saturated carbocycles. The Morgan fingerprint density at radius 3 is 2.57 bits per heavy atom. The maximum Gasteiger partial charge on any atom is 0.309 e. The number of nitrogens with zero attached hydrogens (tertiary/aromatic N) is 1. The number of aryl methyl sites for hydroxylation is 1. The van der Waals surface area contributed by atoms with Crippen LogP contribution in [0.2, 0.25) is 0 Å². The first kappa shape index (κ1) is 20.7. The van der Waals surface area contributed by atoms with Crippen molar-refractivity contribution in [3.63, 3.8) is 0 Å². The molecule has 30 heavy (non-hydrogen) atoms. The molecule has 1 fully saturated rings. The Morgan fingerprint density at radius 1 is 1.17 bits per heavy atom. The first-order chi connectivity index (χ1) is 14.3. The second kappa shape index (κ2) is 7.58. The maximum absolute atomic E-state index is 13.1. The summed E-state index contributed by atoms with van der Waals surface area (Å²) in [5.41, 5.74) is 2.10. The molecule has 1 aliphatic rings. The summed E-state index contributed by atoms with van der Waals surface area (Å²) >= 11 is 0. The second-order valence-corrected chi connectivity index (χ2v) is 10.3. The number of carboxylic acids is 1. The van der Waals surface area contributed by atoms with Crippen LogP contribution in [0.5, 0.6) is 0 Å². The van der Waals surface area contributed by atoms with Crippen LogP contribution in [0.4, 0.5) is 0 Å². The number of aliphatic carboxylic acids is 1. The van der Waals surface area contributed by atoms with Gasteiger partial charge in [0, 0.05) is 11.6 Å². The highest BCUT2D eigenvalue weighted by molar-refractivity contribution is 7.90. The molecule has 2 atom stereocenters. The Balaban J connectivity index is 1.66. The van der Waals surface area contributed by atoms with Crippen LogP contribution in [0.25, 0.3) is 10.9 Å². The van der Waals surface area contributed by atoms with Gasteiger partial charge in [-0.15, -0.1) is 0 Å². The standard InChI is InChI=1S/C24H27NO4S/c1-3-12-24(23(26)27)13-10-20(16-24)18-6-9-22-19(15-18)11-14-25(22)30(28,29)21-7-4-17(2)5-8-21/h4-9,11,14-15,20H,3,10,12-13,16H2,1-2H3,(H,26,27). The van der Waals surface area contributed by atoms with Crippen molar-refractivity contribution in [1.82, 2.24) is 3.97 Å². The van der Waals surface area contributed by atoms with Crippen molar-refractivity contribution in [3.8, 4) is 0 Å². The van der Waals surface area contributed by atoms with Gasteiger partial charge in [0.05, 0.1) is 15.8 Å². The van der Waals surface area contributed by atoms with Crippen LogP contribution in [-0.2, 0) is 14.8 Å². The Morgan fingerprint density at radius 2 is 1.90 bits per heavy atom. The third-order valence-electron chi connectivity index (χ3n) is 6.52. The molecular formula is C24H27NO4S. The van der Waals surface area contributed by atoms with E-state index in [0.717, 1.165) is 29.4 Å². The van der Waals surface area contributed by atoms with Gasteiger partial charge < -0.3 is 5.11 Å². The fourth-order valence-corrected chi connectivity index (χ4v) is 6.19. The van der Waals surface area contributed by atoms with E-state index in [9.17, 15) is 18.3 Å². The molecule has 1 N–H and O–H groups in total. The topological polar surface area (TPSA) is 76.4 Å². The largest absolute Gasteiger partial charge is 0.481 e. The van der Waals surface area contributed by atoms with Crippen LogP contribution >= 0.6 is 0 Å². The van der Waals surface area contributed by atoms with Crippen LogP contribution in [0.3, 0.4) is 0 Å². The molecule has 1 aromatic heterocycles. The van der Waals surface area contributed by atoms with Gasteiger partial charge in [-0.3, -0.25) is 4.79 Å². The summed E-state index contributed by atoms with van der Waals surface area (Å²) < 4.78 is 27.5. The average molecular weight is 426 g/mol. The monoisotopic (exact) mass is 425 g/mol. The summed E-state index contributed by atoms with van der Waals surface area (Å²) in [6, 6.07) is 14.5. The lowest BCUT2D eigenvalue weighted by molar-refractivity contribution is -0.149. The molecule has 0 bridgehead atoms. The minimum absolute atomic E-state index is 0.189. The van der Waals surface area contributed by atoms with Crippen molar-refractivity contribution in [2.24, 2.45) is 5.41 Å². The molecule has 0 aliphatic heterocycles. The quantitative estimate of drug-likeness (QED) is 0.579. The van der Waals surface area contributed by atoms with Gasteiger partial charge in [-0.2, -0.15) is 0 Å². The van der Waals surface area contributed by atoms with E-state index in [1.807, 2.05) is 38.1 Å².